The minimum Gasteiger partial charge on any atom is -0.490 e. The molecule has 0 amide bonds. The number of hydrogen-bond acceptors (Lipinski definition) is 4. The summed E-state index contributed by atoms with van der Waals surface area (Å²) in [5, 5.41) is 11.5. The summed E-state index contributed by atoms with van der Waals surface area (Å²) in [4.78, 5) is 0. The van der Waals surface area contributed by atoms with Crippen LogP contribution >= 0.6 is 12.2 Å². The predicted molar refractivity (Wildman–Crippen MR) is 113 cm³/mol. The number of aryl methyl sites for hydroxylation is 2. The molecular formula is C20H30N4O2S. The number of thiocarbonyl (C=S) groups is 1. The van der Waals surface area contributed by atoms with E-state index in [0.29, 0.717) is 18.3 Å². The van der Waals surface area contributed by atoms with Gasteiger partial charge in [0.25, 0.3) is 0 Å². The summed E-state index contributed by atoms with van der Waals surface area (Å²) in [5.41, 5.74) is 2.23. The first-order valence-corrected chi connectivity index (χ1v) is 9.93. The zero-order chi connectivity index (χ0) is 19.5. The van der Waals surface area contributed by atoms with Gasteiger partial charge in [-0.25, -0.2) is 0 Å². The Kier molecular flexibility index (Phi) is 8.91. The average Bonchev–Trinajstić information content (AvgIpc) is 3.06. The second-order valence-electron chi connectivity index (χ2n) is 6.15. The van der Waals surface area contributed by atoms with Crippen molar-refractivity contribution < 1.29 is 9.47 Å². The van der Waals surface area contributed by atoms with Gasteiger partial charge in [-0.2, -0.15) is 5.10 Å². The van der Waals surface area contributed by atoms with Crippen LogP contribution in [-0.2, 0) is 13.0 Å². The zero-order valence-corrected chi connectivity index (χ0v) is 17.3. The lowest BCUT2D eigenvalue weighted by atomic mass is 10.1. The van der Waals surface area contributed by atoms with Crippen LogP contribution in [0.25, 0.3) is 0 Å². The summed E-state index contributed by atoms with van der Waals surface area (Å²) in [6.45, 7) is 9.66. The topological polar surface area (TPSA) is 60.3 Å². The smallest absolute Gasteiger partial charge is 0.166 e. The van der Waals surface area contributed by atoms with E-state index in [2.05, 4.69) is 21.8 Å². The lowest BCUT2D eigenvalue weighted by Gasteiger charge is -2.13. The fourth-order valence-corrected chi connectivity index (χ4v) is 2.87. The van der Waals surface area contributed by atoms with E-state index in [9.17, 15) is 0 Å². The molecule has 0 bridgehead atoms. The fraction of sp³-hybridized carbons (Fsp3) is 0.500. The van der Waals surface area contributed by atoms with Gasteiger partial charge in [-0.05, 0) is 69.6 Å². The molecule has 0 atom stereocenters. The van der Waals surface area contributed by atoms with Crippen LogP contribution in [0.3, 0.4) is 0 Å². The Balaban J connectivity index is 1.67. The van der Waals surface area contributed by atoms with Crippen LogP contribution in [0.5, 0.6) is 11.5 Å². The van der Waals surface area contributed by atoms with Crippen molar-refractivity contribution in [2.45, 2.75) is 40.2 Å². The largest absolute Gasteiger partial charge is 0.490 e. The van der Waals surface area contributed by atoms with Gasteiger partial charge < -0.3 is 20.1 Å². The summed E-state index contributed by atoms with van der Waals surface area (Å²) in [6.07, 6.45) is 3.83. The van der Waals surface area contributed by atoms with Gasteiger partial charge in [0.2, 0.25) is 0 Å². The van der Waals surface area contributed by atoms with Crippen LogP contribution in [0.4, 0.5) is 0 Å². The Hall–Kier alpha value is -2.28. The minimum absolute atomic E-state index is 0.619. The maximum Gasteiger partial charge on any atom is 0.166 e. The van der Waals surface area contributed by atoms with Crippen LogP contribution in [-0.4, -0.2) is 41.2 Å². The molecule has 0 aliphatic carbocycles. The number of aromatic nitrogens is 2. The molecule has 7 heteroatoms. The lowest BCUT2D eigenvalue weighted by molar-refractivity contribution is 0.287. The van der Waals surface area contributed by atoms with E-state index in [1.165, 1.54) is 5.56 Å². The molecule has 2 N–H and O–H groups in total. The summed E-state index contributed by atoms with van der Waals surface area (Å²) >= 11 is 5.34. The molecule has 0 unspecified atom stereocenters. The molecule has 0 saturated carbocycles. The van der Waals surface area contributed by atoms with Crippen LogP contribution in [0.1, 0.15) is 31.5 Å². The van der Waals surface area contributed by atoms with Crippen molar-refractivity contribution in [2.24, 2.45) is 0 Å². The monoisotopic (exact) mass is 390 g/mol. The molecule has 1 aromatic carbocycles. The second kappa shape index (κ2) is 11.4. The van der Waals surface area contributed by atoms with Gasteiger partial charge in [-0.1, -0.05) is 6.07 Å². The number of ether oxygens (including phenoxy) is 2. The van der Waals surface area contributed by atoms with Crippen molar-refractivity contribution >= 4 is 17.3 Å². The highest BCUT2D eigenvalue weighted by atomic mass is 32.1. The summed E-state index contributed by atoms with van der Waals surface area (Å²) in [7, 11) is 0. The number of nitrogens with zero attached hydrogens (tertiary/aromatic N) is 2. The van der Waals surface area contributed by atoms with Gasteiger partial charge in [-0.15, -0.1) is 0 Å². The van der Waals surface area contributed by atoms with Gasteiger partial charge in [-0.3, -0.25) is 4.68 Å². The van der Waals surface area contributed by atoms with E-state index < -0.39 is 0 Å². The first kappa shape index (κ1) is 21.0. The van der Waals surface area contributed by atoms with Gasteiger partial charge in [0.15, 0.2) is 16.6 Å². The molecule has 0 aliphatic heterocycles. The van der Waals surface area contributed by atoms with E-state index in [1.807, 2.05) is 49.8 Å². The molecular weight excluding hydrogens is 360 g/mol. The number of benzene rings is 1. The molecule has 0 saturated heterocycles. The molecule has 2 aromatic rings. The zero-order valence-electron chi connectivity index (χ0n) is 16.5. The van der Waals surface area contributed by atoms with E-state index in [0.717, 1.165) is 49.7 Å². The van der Waals surface area contributed by atoms with Crippen molar-refractivity contribution in [1.29, 1.82) is 0 Å². The molecule has 0 radical (unpaired) electrons. The summed E-state index contributed by atoms with van der Waals surface area (Å²) in [5.74, 6) is 1.59. The summed E-state index contributed by atoms with van der Waals surface area (Å²) in [6, 6.07) is 8.09. The Morgan fingerprint density at radius 1 is 1.07 bits per heavy atom. The number of hydrogen-bond donors (Lipinski definition) is 2. The summed E-state index contributed by atoms with van der Waals surface area (Å²) < 4.78 is 13.2. The highest BCUT2D eigenvalue weighted by Gasteiger charge is 2.06. The SMILES string of the molecule is CCOc1ccc(CCNC(=S)NCCCn2ccc(C)n2)cc1OCC. The van der Waals surface area contributed by atoms with E-state index >= 15 is 0 Å². The van der Waals surface area contributed by atoms with E-state index in [1.54, 1.807) is 0 Å². The first-order chi connectivity index (χ1) is 13.1. The lowest BCUT2D eigenvalue weighted by Crippen LogP contribution is -2.37. The van der Waals surface area contributed by atoms with Gasteiger partial charge >= 0.3 is 0 Å². The number of rotatable bonds is 11. The van der Waals surface area contributed by atoms with Gasteiger partial charge in [0.05, 0.1) is 18.9 Å². The molecule has 27 heavy (non-hydrogen) atoms. The first-order valence-electron chi connectivity index (χ1n) is 9.52. The molecule has 148 valence electrons. The van der Waals surface area contributed by atoms with Crippen molar-refractivity contribution in [3.63, 3.8) is 0 Å². The van der Waals surface area contributed by atoms with Crippen LogP contribution < -0.4 is 20.1 Å². The average molecular weight is 391 g/mol. The molecule has 1 heterocycles. The highest BCUT2D eigenvalue weighted by Crippen LogP contribution is 2.28. The number of nitrogens with one attached hydrogen (secondary N) is 2. The molecule has 0 spiro atoms. The van der Waals surface area contributed by atoms with Crippen molar-refractivity contribution in [3.05, 3.63) is 41.7 Å². The van der Waals surface area contributed by atoms with Crippen LogP contribution in [0.2, 0.25) is 0 Å². The third-order valence-corrected chi connectivity index (χ3v) is 4.22. The third kappa shape index (κ3) is 7.46. The van der Waals surface area contributed by atoms with Crippen molar-refractivity contribution in [2.75, 3.05) is 26.3 Å². The maximum atomic E-state index is 5.67. The van der Waals surface area contributed by atoms with Crippen LogP contribution in [0.15, 0.2) is 30.5 Å². The van der Waals surface area contributed by atoms with E-state index in [4.69, 9.17) is 21.7 Å². The molecule has 2 rings (SSSR count). The Bertz CT molecular complexity index is 718. The minimum atomic E-state index is 0.619. The molecule has 0 aliphatic rings. The highest BCUT2D eigenvalue weighted by molar-refractivity contribution is 7.80. The second-order valence-corrected chi connectivity index (χ2v) is 6.56. The Morgan fingerprint density at radius 2 is 1.81 bits per heavy atom. The quantitative estimate of drug-likeness (QED) is 0.454. The van der Waals surface area contributed by atoms with Gasteiger partial charge in [0, 0.05) is 25.8 Å². The standard InChI is InChI=1S/C20H30N4O2S/c1-4-25-18-8-7-17(15-19(18)26-5-2)9-12-22-20(27)21-11-6-13-24-14-10-16(3)23-24/h7-8,10,14-15H,4-6,9,11-13H2,1-3H3,(H2,21,22,27). The van der Waals surface area contributed by atoms with Gasteiger partial charge in [0.1, 0.15) is 0 Å². The Labute approximate surface area is 167 Å². The Morgan fingerprint density at radius 3 is 2.52 bits per heavy atom. The normalized spacial score (nSPS) is 10.5. The fourth-order valence-electron chi connectivity index (χ4n) is 2.66. The third-order valence-electron chi connectivity index (χ3n) is 3.93. The van der Waals surface area contributed by atoms with Crippen molar-refractivity contribution in [1.82, 2.24) is 20.4 Å². The van der Waals surface area contributed by atoms with Crippen molar-refractivity contribution in [3.8, 4) is 11.5 Å². The van der Waals surface area contributed by atoms with Crippen LogP contribution in [0, 0.1) is 6.92 Å². The molecule has 0 fully saturated rings. The molecule has 6 nitrogen and oxygen atoms in total. The predicted octanol–water partition coefficient (Wildman–Crippen LogP) is 3.09. The molecule has 1 aromatic heterocycles. The van der Waals surface area contributed by atoms with E-state index in [-0.39, 0.29) is 0 Å². The maximum absolute atomic E-state index is 5.67.